The number of carbonyl (C=O) groups excluding carboxylic acids is 1. The summed E-state index contributed by atoms with van der Waals surface area (Å²) in [6.07, 6.45) is 2.40. The zero-order chi connectivity index (χ0) is 18.8. The lowest BCUT2D eigenvalue weighted by molar-refractivity contribution is 0.0965. The van der Waals surface area contributed by atoms with Gasteiger partial charge in [-0.05, 0) is 48.2 Å². The van der Waals surface area contributed by atoms with Crippen molar-refractivity contribution >= 4 is 11.7 Å². The van der Waals surface area contributed by atoms with Gasteiger partial charge in [0.2, 0.25) is 0 Å². The monoisotopic (exact) mass is 377 g/mol. The molecular weight excluding hydrogens is 354 g/mol. The minimum absolute atomic E-state index is 0.00620. The summed E-state index contributed by atoms with van der Waals surface area (Å²) in [6, 6.07) is 8.83. The van der Waals surface area contributed by atoms with Crippen LogP contribution in [-0.4, -0.2) is 29.6 Å². The van der Waals surface area contributed by atoms with Crippen LogP contribution < -0.4 is 15.0 Å². The summed E-state index contributed by atoms with van der Waals surface area (Å²) in [5.74, 6) is 2.54. The fourth-order valence-corrected chi connectivity index (χ4v) is 4.93. The number of rotatable bonds is 3. The largest absolute Gasteiger partial charge is 0.490 e. The van der Waals surface area contributed by atoms with Gasteiger partial charge in [-0.2, -0.15) is 0 Å². The first-order valence-electron chi connectivity index (χ1n) is 10.1. The van der Waals surface area contributed by atoms with E-state index in [1.54, 1.807) is 0 Å². The van der Waals surface area contributed by atoms with Crippen LogP contribution in [0.3, 0.4) is 0 Å². The number of amides is 1. The number of hydrogen-bond acceptors (Lipinski definition) is 5. The predicted molar refractivity (Wildman–Crippen MR) is 103 cm³/mol. The third-order valence-corrected chi connectivity index (χ3v) is 6.52. The maximum atomic E-state index is 11.9. The fourth-order valence-electron chi connectivity index (χ4n) is 4.93. The van der Waals surface area contributed by atoms with Crippen molar-refractivity contribution in [3.05, 3.63) is 52.2 Å². The van der Waals surface area contributed by atoms with E-state index in [2.05, 4.69) is 35.3 Å². The SMILES string of the molecule is Cc1cc2c(nc1N1CCC(Oc3ccc4c(c3)COC4)C3CC31)CNC2=O. The second-order valence-electron chi connectivity index (χ2n) is 8.33. The molecule has 6 heteroatoms. The summed E-state index contributed by atoms with van der Waals surface area (Å²) in [4.78, 5) is 19.1. The molecule has 0 spiro atoms. The number of hydrogen-bond donors (Lipinski definition) is 1. The average Bonchev–Trinajstić information content (AvgIpc) is 3.24. The highest BCUT2D eigenvalue weighted by atomic mass is 16.5. The minimum atomic E-state index is -0.00620. The standard InChI is InChI=1S/C22H23N3O3/c1-12-6-16-18(9-23-22(16)26)24-21(12)25-5-4-20(17-8-19(17)25)28-15-3-2-13-10-27-11-14(13)7-15/h2-3,6-7,17,19-20H,4-5,8-11H2,1H3,(H,23,26). The van der Waals surface area contributed by atoms with E-state index in [0.717, 1.165) is 47.8 Å². The molecule has 6 nitrogen and oxygen atoms in total. The van der Waals surface area contributed by atoms with Crippen LogP contribution in [0.2, 0.25) is 0 Å². The Balaban J connectivity index is 1.19. The van der Waals surface area contributed by atoms with Crippen molar-refractivity contribution in [2.24, 2.45) is 5.92 Å². The molecule has 144 valence electrons. The van der Waals surface area contributed by atoms with Gasteiger partial charge in [0.1, 0.15) is 17.7 Å². The summed E-state index contributed by atoms with van der Waals surface area (Å²) in [6.45, 7) is 4.94. The van der Waals surface area contributed by atoms with Crippen LogP contribution >= 0.6 is 0 Å². The second-order valence-corrected chi connectivity index (χ2v) is 8.33. The topological polar surface area (TPSA) is 63.7 Å². The zero-order valence-corrected chi connectivity index (χ0v) is 15.9. The molecule has 1 aliphatic carbocycles. The van der Waals surface area contributed by atoms with Crippen molar-refractivity contribution in [1.82, 2.24) is 10.3 Å². The number of piperidine rings is 1. The van der Waals surface area contributed by atoms with Crippen LogP contribution in [0.25, 0.3) is 0 Å². The van der Waals surface area contributed by atoms with E-state index in [-0.39, 0.29) is 12.0 Å². The molecule has 4 heterocycles. The number of pyridine rings is 1. The van der Waals surface area contributed by atoms with Crippen molar-refractivity contribution in [2.45, 2.75) is 51.7 Å². The molecule has 3 unspecified atom stereocenters. The van der Waals surface area contributed by atoms with Crippen molar-refractivity contribution in [3.8, 4) is 5.75 Å². The summed E-state index contributed by atoms with van der Waals surface area (Å²) >= 11 is 0. The van der Waals surface area contributed by atoms with Crippen LogP contribution in [0.5, 0.6) is 5.75 Å². The molecule has 3 atom stereocenters. The van der Waals surface area contributed by atoms with Gasteiger partial charge in [0.15, 0.2) is 0 Å². The molecule has 1 saturated heterocycles. The highest BCUT2D eigenvalue weighted by molar-refractivity contribution is 5.98. The maximum Gasteiger partial charge on any atom is 0.253 e. The van der Waals surface area contributed by atoms with Gasteiger partial charge in [-0.3, -0.25) is 4.79 Å². The van der Waals surface area contributed by atoms with E-state index in [4.69, 9.17) is 14.5 Å². The molecule has 1 saturated carbocycles. The summed E-state index contributed by atoms with van der Waals surface area (Å²) in [7, 11) is 0. The number of nitrogens with one attached hydrogen (secondary N) is 1. The summed E-state index contributed by atoms with van der Waals surface area (Å²) < 4.78 is 11.9. The lowest BCUT2D eigenvalue weighted by Crippen LogP contribution is -2.40. The third kappa shape index (κ3) is 2.51. The molecule has 0 radical (unpaired) electrons. The van der Waals surface area contributed by atoms with Crippen LogP contribution in [0, 0.1) is 12.8 Å². The van der Waals surface area contributed by atoms with E-state index in [0.29, 0.717) is 31.7 Å². The highest BCUT2D eigenvalue weighted by Gasteiger charge is 2.52. The second kappa shape index (κ2) is 5.95. The minimum Gasteiger partial charge on any atom is -0.490 e. The molecule has 1 aromatic carbocycles. The molecule has 1 N–H and O–H groups in total. The Bertz CT molecular complexity index is 989. The number of nitrogens with zero attached hydrogens (tertiary/aromatic N) is 2. The number of fused-ring (bicyclic) bond motifs is 3. The molecule has 1 amide bonds. The van der Waals surface area contributed by atoms with E-state index in [1.807, 2.05) is 6.07 Å². The summed E-state index contributed by atoms with van der Waals surface area (Å²) in [5, 5.41) is 2.87. The Kier molecular flexibility index (Phi) is 3.48. The van der Waals surface area contributed by atoms with E-state index in [9.17, 15) is 4.79 Å². The first-order chi connectivity index (χ1) is 13.7. The van der Waals surface area contributed by atoms with Gasteiger partial charge < -0.3 is 19.7 Å². The molecule has 3 aliphatic heterocycles. The molecule has 0 bridgehead atoms. The average molecular weight is 377 g/mol. The van der Waals surface area contributed by atoms with Crippen molar-refractivity contribution < 1.29 is 14.3 Å². The van der Waals surface area contributed by atoms with Gasteiger partial charge in [-0.25, -0.2) is 4.98 Å². The molecule has 1 aromatic heterocycles. The Morgan fingerprint density at radius 1 is 1.25 bits per heavy atom. The van der Waals surface area contributed by atoms with Crippen LogP contribution in [0.15, 0.2) is 24.3 Å². The van der Waals surface area contributed by atoms with E-state index < -0.39 is 0 Å². The molecule has 28 heavy (non-hydrogen) atoms. The van der Waals surface area contributed by atoms with Crippen molar-refractivity contribution in [1.29, 1.82) is 0 Å². The van der Waals surface area contributed by atoms with Crippen LogP contribution in [-0.2, 0) is 24.5 Å². The normalized spacial score (nSPS) is 27.1. The van der Waals surface area contributed by atoms with E-state index in [1.165, 1.54) is 11.1 Å². The van der Waals surface area contributed by atoms with Gasteiger partial charge in [-0.15, -0.1) is 0 Å². The first-order valence-corrected chi connectivity index (χ1v) is 10.1. The van der Waals surface area contributed by atoms with E-state index >= 15 is 0 Å². The quantitative estimate of drug-likeness (QED) is 0.891. The molecule has 2 fully saturated rings. The number of aromatic nitrogens is 1. The third-order valence-electron chi connectivity index (χ3n) is 6.52. The highest BCUT2D eigenvalue weighted by Crippen LogP contribution is 2.47. The zero-order valence-electron chi connectivity index (χ0n) is 15.9. The van der Waals surface area contributed by atoms with Crippen LogP contribution in [0.4, 0.5) is 5.82 Å². The van der Waals surface area contributed by atoms with Gasteiger partial charge in [-0.1, -0.05) is 6.07 Å². The lowest BCUT2D eigenvalue weighted by Gasteiger charge is -2.33. The smallest absolute Gasteiger partial charge is 0.253 e. The molecule has 4 aliphatic rings. The van der Waals surface area contributed by atoms with Gasteiger partial charge in [0.25, 0.3) is 5.91 Å². The van der Waals surface area contributed by atoms with Gasteiger partial charge in [0.05, 0.1) is 31.0 Å². The summed E-state index contributed by atoms with van der Waals surface area (Å²) in [5.41, 5.74) is 5.22. The molecular formula is C22H23N3O3. The Hall–Kier alpha value is -2.60. The lowest BCUT2D eigenvalue weighted by atomic mass is 10.1. The first kappa shape index (κ1) is 16.4. The predicted octanol–water partition coefficient (Wildman–Crippen LogP) is 2.71. The molecule has 2 aromatic rings. The number of aryl methyl sites for hydroxylation is 1. The Labute approximate surface area is 163 Å². The van der Waals surface area contributed by atoms with Gasteiger partial charge >= 0.3 is 0 Å². The van der Waals surface area contributed by atoms with Crippen LogP contribution in [0.1, 0.15) is 45.6 Å². The van der Waals surface area contributed by atoms with Gasteiger partial charge in [0, 0.05) is 24.9 Å². The maximum absolute atomic E-state index is 11.9. The number of benzene rings is 1. The van der Waals surface area contributed by atoms with Crippen molar-refractivity contribution in [3.63, 3.8) is 0 Å². The Morgan fingerprint density at radius 3 is 3.07 bits per heavy atom. The number of ether oxygens (including phenoxy) is 2. The van der Waals surface area contributed by atoms with Crippen molar-refractivity contribution in [2.75, 3.05) is 11.4 Å². The number of carbonyl (C=O) groups is 1. The Morgan fingerprint density at radius 2 is 2.14 bits per heavy atom. The number of anilines is 1. The fraction of sp³-hybridized carbons (Fsp3) is 0.455. The molecule has 6 rings (SSSR count).